The molecule has 140 valence electrons. The normalized spacial score (nSPS) is 25.6. The van der Waals surface area contributed by atoms with Crippen molar-refractivity contribution in [2.45, 2.75) is 11.5 Å². The Morgan fingerprint density at radius 2 is 2.00 bits per heavy atom. The second-order valence-corrected chi connectivity index (χ2v) is 7.17. The number of fused-ring (bicyclic) bond motifs is 4. The number of likely N-dealkylation sites (N-methyl/N-ethyl adjacent to an activating group) is 1. The van der Waals surface area contributed by atoms with E-state index in [1.165, 1.54) is 7.05 Å². The highest BCUT2D eigenvalue weighted by atomic mass is 79.9. The van der Waals surface area contributed by atoms with E-state index in [-0.39, 0.29) is 12.4 Å². The first-order chi connectivity index (χ1) is 12.9. The third-order valence-corrected chi connectivity index (χ3v) is 5.37. The molecule has 0 bridgehead atoms. The molecule has 2 heterocycles. The fourth-order valence-corrected chi connectivity index (χ4v) is 3.89. The molecule has 1 amide bonds. The van der Waals surface area contributed by atoms with Crippen molar-refractivity contribution in [3.8, 4) is 17.2 Å². The van der Waals surface area contributed by atoms with Crippen molar-refractivity contribution in [3.63, 3.8) is 0 Å². The van der Waals surface area contributed by atoms with Gasteiger partial charge in [0.2, 0.25) is 0 Å². The lowest BCUT2D eigenvalue weighted by molar-refractivity contribution is -0.168. The quantitative estimate of drug-likeness (QED) is 0.559. The molecule has 2 aromatic carbocycles. The van der Waals surface area contributed by atoms with Crippen molar-refractivity contribution in [1.82, 2.24) is 10.2 Å². The number of hydrogen-bond donors (Lipinski definition) is 2. The Bertz CT molecular complexity index is 968. The minimum absolute atomic E-state index is 0.200. The smallest absolute Gasteiger partial charge is 0.306 e. The average molecular weight is 434 g/mol. The SMILES string of the molecule is COc1ccc2c(c1)Oc1ccc(Br)cc1C21NC(N)(OC=O)N(C)C1=O. The zero-order valence-electron chi connectivity index (χ0n) is 14.5. The molecule has 4 rings (SSSR count). The van der Waals surface area contributed by atoms with Crippen LogP contribution in [0.3, 0.4) is 0 Å². The predicted molar refractivity (Wildman–Crippen MR) is 98.0 cm³/mol. The fourth-order valence-electron chi connectivity index (χ4n) is 3.53. The highest BCUT2D eigenvalue weighted by molar-refractivity contribution is 9.10. The van der Waals surface area contributed by atoms with Crippen LogP contribution in [0.5, 0.6) is 17.2 Å². The molecule has 1 spiro atoms. The van der Waals surface area contributed by atoms with Crippen LogP contribution in [0.1, 0.15) is 11.1 Å². The third-order valence-electron chi connectivity index (χ3n) is 4.88. The molecule has 27 heavy (non-hydrogen) atoms. The van der Waals surface area contributed by atoms with Crippen LogP contribution in [0.25, 0.3) is 0 Å². The van der Waals surface area contributed by atoms with Gasteiger partial charge in [-0.2, -0.15) is 0 Å². The second-order valence-electron chi connectivity index (χ2n) is 6.25. The number of halogens is 1. The van der Waals surface area contributed by atoms with E-state index >= 15 is 0 Å². The largest absolute Gasteiger partial charge is 0.497 e. The average Bonchev–Trinajstić information content (AvgIpc) is 2.85. The topological polar surface area (TPSA) is 103 Å². The number of carbonyl (C=O) groups excluding carboxylic acids is 2. The number of rotatable bonds is 3. The monoisotopic (exact) mass is 433 g/mol. The summed E-state index contributed by atoms with van der Waals surface area (Å²) in [4.78, 5) is 25.6. The van der Waals surface area contributed by atoms with Crippen LogP contribution >= 0.6 is 15.9 Å². The van der Waals surface area contributed by atoms with Crippen molar-refractivity contribution < 1.29 is 23.8 Å². The fraction of sp³-hybridized carbons (Fsp3) is 0.222. The molecule has 2 atom stereocenters. The Labute approximate surface area is 163 Å². The highest BCUT2D eigenvalue weighted by Crippen LogP contribution is 2.52. The van der Waals surface area contributed by atoms with Crippen molar-refractivity contribution >= 4 is 28.3 Å². The van der Waals surface area contributed by atoms with Gasteiger partial charge in [-0.3, -0.25) is 20.2 Å². The van der Waals surface area contributed by atoms with Gasteiger partial charge >= 0.3 is 5.97 Å². The van der Waals surface area contributed by atoms with Gasteiger partial charge in [0.25, 0.3) is 12.4 Å². The lowest BCUT2D eigenvalue weighted by Crippen LogP contribution is -2.62. The van der Waals surface area contributed by atoms with Crippen LogP contribution in [0.15, 0.2) is 40.9 Å². The van der Waals surface area contributed by atoms with E-state index in [1.807, 2.05) is 0 Å². The number of ether oxygens (including phenoxy) is 3. The first-order valence-corrected chi connectivity index (χ1v) is 8.79. The molecule has 1 fully saturated rings. The molecular formula is C18H16BrN3O5. The Morgan fingerprint density at radius 1 is 1.22 bits per heavy atom. The van der Waals surface area contributed by atoms with Gasteiger partial charge in [-0.25, -0.2) is 5.32 Å². The number of nitrogens with one attached hydrogen (secondary N) is 1. The van der Waals surface area contributed by atoms with Crippen LogP contribution in [0, 0.1) is 0 Å². The first-order valence-electron chi connectivity index (χ1n) is 8.00. The van der Waals surface area contributed by atoms with Gasteiger partial charge in [0.15, 0.2) is 5.54 Å². The van der Waals surface area contributed by atoms with Crippen LogP contribution in [0.4, 0.5) is 0 Å². The highest BCUT2D eigenvalue weighted by Gasteiger charge is 2.62. The van der Waals surface area contributed by atoms with Gasteiger partial charge in [0.1, 0.15) is 17.2 Å². The zero-order chi connectivity index (χ0) is 19.4. The van der Waals surface area contributed by atoms with E-state index in [9.17, 15) is 9.59 Å². The molecule has 3 N–H and O–H groups in total. The summed E-state index contributed by atoms with van der Waals surface area (Å²) < 4.78 is 17.1. The number of carbonyl (C=O) groups is 2. The maximum absolute atomic E-state index is 13.4. The van der Waals surface area contributed by atoms with Crippen LogP contribution in [-0.2, 0) is 19.9 Å². The van der Waals surface area contributed by atoms with E-state index in [4.69, 9.17) is 19.9 Å². The summed E-state index contributed by atoms with van der Waals surface area (Å²) in [5.74, 6) is -0.711. The lowest BCUT2D eigenvalue weighted by Gasteiger charge is -2.36. The maximum atomic E-state index is 13.4. The summed E-state index contributed by atoms with van der Waals surface area (Å²) in [7, 11) is 3.00. The molecule has 0 saturated carbocycles. The van der Waals surface area contributed by atoms with Crippen LogP contribution < -0.4 is 20.5 Å². The molecule has 2 aliphatic rings. The molecule has 2 aliphatic heterocycles. The van der Waals surface area contributed by atoms with Crippen molar-refractivity contribution in [2.24, 2.45) is 5.73 Å². The van der Waals surface area contributed by atoms with E-state index in [0.29, 0.717) is 28.4 Å². The van der Waals surface area contributed by atoms with E-state index < -0.39 is 11.5 Å². The number of benzene rings is 2. The number of nitrogens with zero attached hydrogens (tertiary/aromatic N) is 1. The van der Waals surface area contributed by atoms with Gasteiger partial charge in [0, 0.05) is 28.7 Å². The Morgan fingerprint density at radius 3 is 2.70 bits per heavy atom. The molecule has 9 heteroatoms. The van der Waals surface area contributed by atoms with E-state index in [2.05, 4.69) is 21.2 Å². The van der Waals surface area contributed by atoms with Gasteiger partial charge in [-0.05, 0) is 30.3 Å². The summed E-state index contributed by atoms with van der Waals surface area (Å²) in [6.07, 6.45) is 0. The summed E-state index contributed by atoms with van der Waals surface area (Å²) in [5.41, 5.74) is 5.87. The number of amides is 1. The van der Waals surface area contributed by atoms with Crippen molar-refractivity contribution in [2.75, 3.05) is 14.2 Å². The minimum atomic E-state index is -1.81. The second kappa shape index (κ2) is 5.95. The molecule has 0 aromatic heterocycles. The molecule has 1 saturated heterocycles. The number of methoxy groups -OCH3 is 1. The molecule has 0 aliphatic carbocycles. The standard InChI is InChI=1S/C18H16BrN3O5/c1-22-16(24)17(21-18(22,20)26-9-23)12-5-4-11(25-2)8-15(12)27-14-6-3-10(19)7-13(14)17/h3-9,21H,20H2,1-2H3. The molecule has 0 radical (unpaired) electrons. The minimum Gasteiger partial charge on any atom is -0.497 e. The predicted octanol–water partition coefficient (Wildman–Crippen LogP) is 1.61. The first kappa shape index (κ1) is 17.8. The lowest BCUT2D eigenvalue weighted by atomic mass is 9.80. The molecule has 2 aromatic rings. The van der Waals surface area contributed by atoms with Gasteiger partial charge in [0.05, 0.1) is 7.11 Å². The Hall–Kier alpha value is -2.62. The third kappa shape index (κ3) is 2.35. The van der Waals surface area contributed by atoms with Crippen molar-refractivity contribution in [3.05, 3.63) is 52.0 Å². The summed E-state index contributed by atoms with van der Waals surface area (Å²) >= 11 is 3.43. The number of hydrogen-bond acceptors (Lipinski definition) is 7. The van der Waals surface area contributed by atoms with Gasteiger partial charge in [-0.1, -0.05) is 15.9 Å². The van der Waals surface area contributed by atoms with Crippen molar-refractivity contribution in [1.29, 1.82) is 0 Å². The maximum Gasteiger partial charge on any atom is 0.306 e. The van der Waals surface area contributed by atoms with E-state index in [1.54, 1.807) is 43.5 Å². The zero-order valence-corrected chi connectivity index (χ0v) is 16.1. The summed E-state index contributed by atoms with van der Waals surface area (Å²) in [5, 5.41) is 3.02. The Kier molecular flexibility index (Phi) is 3.91. The summed E-state index contributed by atoms with van der Waals surface area (Å²) in [6, 6.07) is 10.5. The molecule has 8 nitrogen and oxygen atoms in total. The summed E-state index contributed by atoms with van der Waals surface area (Å²) in [6.45, 7) is 0.200. The van der Waals surface area contributed by atoms with E-state index in [0.717, 1.165) is 9.37 Å². The number of nitrogens with two attached hydrogens (primary N) is 1. The van der Waals surface area contributed by atoms with Gasteiger partial charge in [-0.15, -0.1) is 0 Å². The Balaban J connectivity index is 2.01. The van der Waals surface area contributed by atoms with Crippen LogP contribution in [-0.4, -0.2) is 37.4 Å². The molecular weight excluding hydrogens is 418 g/mol. The van der Waals surface area contributed by atoms with Crippen LogP contribution in [0.2, 0.25) is 0 Å². The molecule has 2 unspecified atom stereocenters. The van der Waals surface area contributed by atoms with Gasteiger partial charge < -0.3 is 14.2 Å².